The van der Waals surface area contributed by atoms with Crippen molar-refractivity contribution in [2.75, 3.05) is 49.8 Å². The van der Waals surface area contributed by atoms with E-state index < -0.39 is 47.4 Å². The van der Waals surface area contributed by atoms with Gasteiger partial charge < -0.3 is 30.0 Å². The molecule has 2 atom stereocenters. The molecular weight excluding hydrogens is 655 g/mol. The highest BCUT2D eigenvalue weighted by Crippen LogP contribution is 2.48. The van der Waals surface area contributed by atoms with E-state index in [1.165, 1.54) is 31.9 Å². The van der Waals surface area contributed by atoms with Crippen LogP contribution in [0.25, 0.3) is 0 Å². The van der Waals surface area contributed by atoms with E-state index in [1.807, 2.05) is 19.1 Å². The van der Waals surface area contributed by atoms with Crippen molar-refractivity contribution >= 4 is 23.4 Å². The second-order valence-corrected chi connectivity index (χ2v) is 13.3. The fourth-order valence-corrected chi connectivity index (χ4v) is 6.33. The number of hydrogen-bond acceptors (Lipinski definition) is 9. The third kappa shape index (κ3) is 7.49. The number of nitrogens with two attached hydrogens (primary N) is 1. The zero-order valence-corrected chi connectivity index (χ0v) is 28.3. The summed E-state index contributed by atoms with van der Waals surface area (Å²) in [6.07, 6.45) is -3.33. The molecular formula is C36H40F3N5O6. The minimum atomic E-state index is -4.66. The number of carbonyl (C=O) groups is 2. The molecule has 0 bridgehead atoms. The number of aliphatic carboxylic acids is 1. The van der Waals surface area contributed by atoms with E-state index in [-0.39, 0.29) is 30.4 Å². The second kappa shape index (κ2) is 14.2. The third-order valence-electron chi connectivity index (χ3n) is 9.32. The number of morpholine rings is 1. The van der Waals surface area contributed by atoms with Gasteiger partial charge in [0.2, 0.25) is 0 Å². The highest BCUT2D eigenvalue weighted by atomic mass is 19.4. The van der Waals surface area contributed by atoms with Gasteiger partial charge in [0.25, 0.3) is 0 Å². The average molecular weight is 696 g/mol. The Morgan fingerprint density at radius 2 is 1.88 bits per heavy atom. The van der Waals surface area contributed by atoms with E-state index in [1.54, 1.807) is 24.4 Å². The molecule has 1 fully saturated rings. The quantitative estimate of drug-likeness (QED) is 0.270. The van der Waals surface area contributed by atoms with Crippen LogP contribution in [0, 0.1) is 16.7 Å². The van der Waals surface area contributed by atoms with Crippen molar-refractivity contribution in [1.82, 2.24) is 4.98 Å². The van der Waals surface area contributed by atoms with Crippen LogP contribution >= 0.6 is 0 Å². The molecule has 1 amide bonds. The standard InChI is InChI=1S/C36H40F3N5O6/c1-5-35(41)18-29(28-17-27(48-4)6-7-30(28)44(35)33(47)50-21-34(2,3)32(45)46)31-24(16-26(20-42-31)43-8-10-49-11-9-43)13-22-12-23(19-40)15-25(14-22)36(37,38)39/h6-7,12,14-17,20,29H,5,8-11,13,18,21,41H2,1-4H3,(H,45,46)/t29-,35+/m0/s1. The summed E-state index contributed by atoms with van der Waals surface area (Å²) in [5.74, 6) is -1.21. The van der Waals surface area contributed by atoms with Crippen molar-refractivity contribution < 1.29 is 42.1 Å². The van der Waals surface area contributed by atoms with Crippen LogP contribution in [0.4, 0.5) is 29.3 Å². The summed E-state index contributed by atoms with van der Waals surface area (Å²) in [5, 5.41) is 19.1. The molecule has 1 aromatic heterocycles. The molecule has 2 aliphatic heterocycles. The number of ether oxygens (including phenoxy) is 3. The van der Waals surface area contributed by atoms with Crippen LogP contribution in [0.1, 0.15) is 73.0 Å². The Morgan fingerprint density at radius 1 is 1.16 bits per heavy atom. The molecule has 0 saturated carbocycles. The number of alkyl halides is 3. The van der Waals surface area contributed by atoms with Crippen LogP contribution in [0.5, 0.6) is 5.75 Å². The molecule has 1 saturated heterocycles. The lowest BCUT2D eigenvalue weighted by molar-refractivity contribution is -0.149. The number of carbonyl (C=O) groups excluding carboxylic acids is 1. The molecule has 2 aliphatic rings. The predicted octanol–water partition coefficient (Wildman–Crippen LogP) is 6.06. The van der Waals surface area contributed by atoms with Crippen molar-refractivity contribution in [2.45, 2.75) is 57.8 Å². The summed E-state index contributed by atoms with van der Waals surface area (Å²) in [6.45, 7) is 6.52. The molecule has 0 aliphatic carbocycles. The number of carboxylic acid groups (broad SMARTS) is 1. The molecule has 0 unspecified atom stereocenters. The van der Waals surface area contributed by atoms with Gasteiger partial charge in [0, 0.05) is 19.0 Å². The molecule has 3 heterocycles. The van der Waals surface area contributed by atoms with Gasteiger partial charge in [-0.15, -0.1) is 0 Å². The van der Waals surface area contributed by atoms with E-state index in [9.17, 15) is 33.1 Å². The zero-order chi connectivity index (χ0) is 36.4. The zero-order valence-electron chi connectivity index (χ0n) is 28.3. The van der Waals surface area contributed by atoms with Gasteiger partial charge in [-0.05, 0) is 92.3 Å². The Kier molecular flexibility index (Phi) is 10.3. The minimum absolute atomic E-state index is 0.0225. The Morgan fingerprint density at radius 3 is 2.50 bits per heavy atom. The van der Waals surface area contributed by atoms with Crippen molar-refractivity contribution in [2.24, 2.45) is 11.1 Å². The molecule has 266 valence electrons. The second-order valence-electron chi connectivity index (χ2n) is 13.3. The lowest BCUT2D eigenvalue weighted by Gasteiger charge is -2.47. The maximum absolute atomic E-state index is 13.9. The molecule has 14 heteroatoms. The van der Waals surface area contributed by atoms with Gasteiger partial charge in [0.1, 0.15) is 18.0 Å². The number of nitriles is 1. The van der Waals surface area contributed by atoms with Crippen molar-refractivity contribution in [3.8, 4) is 11.8 Å². The van der Waals surface area contributed by atoms with Gasteiger partial charge in [-0.25, -0.2) is 4.79 Å². The Hall–Kier alpha value is -4.87. The van der Waals surface area contributed by atoms with Crippen molar-refractivity contribution in [3.63, 3.8) is 0 Å². The van der Waals surface area contributed by atoms with Gasteiger partial charge in [-0.1, -0.05) is 6.92 Å². The monoisotopic (exact) mass is 695 g/mol. The van der Waals surface area contributed by atoms with Crippen LogP contribution in [0.15, 0.2) is 48.7 Å². The van der Waals surface area contributed by atoms with Gasteiger partial charge in [-0.3, -0.25) is 14.7 Å². The first-order valence-electron chi connectivity index (χ1n) is 16.2. The first-order chi connectivity index (χ1) is 23.6. The topological polar surface area (TPSA) is 151 Å². The minimum Gasteiger partial charge on any atom is -0.497 e. The average Bonchev–Trinajstić information content (AvgIpc) is 3.10. The van der Waals surface area contributed by atoms with Crippen LogP contribution in [0.3, 0.4) is 0 Å². The number of nitrogens with zero attached hydrogens (tertiary/aromatic N) is 4. The molecule has 3 aromatic rings. The summed E-state index contributed by atoms with van der Waals surface area (Å²) >= 11 is 0. The number of rotatable bonds is 9. The van der Waals surface area contributed by atoms with Crippen molar-refractivity contribution in [1.29, 1.82) is 5.26 Å². The number of pyridine rings is 1. The number of methoxy groups -OCH3 is 1. The Labute approximate surface area is 288 Å². The molecule has 0 spiro atoms. The lowest BCUT2D eigenvalue weighted by Crippen LogP contribution is -2.62. The molecule has 0 radical (unpaired) electrons. The predicted molar refractivity (Wildman–Crippen MR) is 178 cm³/mol. The van der Waals surface area contributed by atoms with Crippen LogP contribution in [0.2, 0.25) is 0 Å². The normalized spacial score (nSPS) is 19.4. The van der Waals surface area contributed by atoms with Gasteiger partial charge in [0.05, 0.1) is 66.2 Å². The number of hydrogen-bond donors (Lipinski definition) is 2. The number of amides is 1. The summed E-state index contributed by atoms with van der Waals surface area (Å²) < 4.78 is 58.3. The number of anilines is 2. The van der Waals surface area contributed by atoms with E-state index in [0.717, 1.165) is 17.8 Å². The SMILES string of the molecule is CC[C@]1(N)C[C@H](c2ncc(N3CCOCC3)cc2Cc2cc(C#N)cc(C(F)(F)F)c2)c2cc(OC)ccc2N1C(=O)OCC(C)(C)C(=O)O. The van der Waals surface area contributed by atoms with Gasteiger partial charge in [0.15, 0.2) is 0 Å². The van der Waals surface area contributed by atoms with Gasteiger partial charge >= 0.3 is 18.2 Å². The molecule has 50 heavy (non-hydrogen) atoms. The maximum atomic E-state index is 13.9. The van der Waals surface area contributed by atoms with E-state index in [0.29, 0.717) is 54.6 Å². The number of benzene rings is 2. The van der Waals surface area contributed by atoms with Gasteiger partial charge in [-0.2, -0.15) is 18.4 Å². The number of halogens is 3. The molecule has 3 N–H and O–H groups in total. The largest absolute Gasteiger partial charge is 0.497 e. The first-order valence-corrected chi connectivity index (χ1v) is 16.2. The fourth-order valence-electron chi connectivity index (χ4n) is 6.33. The summed E-state index contributed by atoms with van der Waals surface area (Å²) in [5.41, 5.74) is 6.53. The number of fused-ring (bicyclic) bond motifs is 1. The van der Waals surface area contributed by atoms with Crippen molar-refractivity contribution in [3.05, 3.63) is 82.2 Å². The molecule has 5 rings (SSSR count). The van der Waals surface area contributed by atoms with Crippen LogP contribution < -0.4 is 20.3 Å². The lowest BCUT2D eigenvalue weighted by atomic mass is 9.77. The number of carboxylic acids is 1. The summed E-state index contributed by atoms with van der Waals surface area (Å²) in [7, 11) is 1.50. The van der Waals surface area contributed by atoms with Crippen LogP contribution in [-0.2, 0) is 26.9 Å². The molecule has 2 aromatic carbocycles. The maximum Gasteiger partial charge on any atom is 0.416 e. The fraction of sp³-hybridized carbons (Fsp3) is 0.444. The van der Waals surface area contributed by atoms with E-state index in [2.05, 4.69) is 4.90 Å². The highest BCUT2D eigenvalue weighted by molar-refractivity contribution is 5.92. The molecule has 11 nitrogen and oxygen atoms in total. The summed E-state index contributed by atoms with van der Waals surface area (Å²) in [6, 6.07) is 12.2. The summed E-state index contributed by atoms with van der Waals surface area (Å²) in [4.78, 5) is 33.8. The number of aromatic nitrogens is 1. The van der Waals surface area contributed by atoms with E-state index in [4.69, 9.17) is 24.9 Å². The smallest absolute Gasteiger partial charge is 0.416 e. The van der Waals surface area contributed by atoms with E-state index >= 15 is 0 Å². The Balaban J connectivity index is 1.65. The first kappa shape index (κ1) is 36.4. The third-order valence-corrected chi connectivity index (χ3v) is 9.32. The van der Waals surface area contributed by atoms with Crippen LogP contribution in [-0.4, -0.2) is 67.8 Å². The Bertz CT molecular complexity index is 1800. The highest BCUT2D eigenvalue weighted by Gasteiger charge is 2.47.